The van der Waals surface area contributed by atoms with Gasteiger partial charge in [-0.2, -0.15) is 13.2 Å². The quantitative estimate of drug-likeness (QED) is 0.141. The second-order valence-corrected chi connectivity index (χ2v) is 9.63. The lowest BCUT2D eigenvalue weighted by atomic mass is 9.94. The first-order valence-corrected chi connectivity index (χ1v) is 12.9. The van der Waals surface area contributed by atoms with Gasteiger partial charge in [0, 0.05) is 21.6 Å². The molecule has 3 aromatic carbocycles. The average molecular weight is 568 g/mol. The van der Waals surface area contributed by atoms with Crippen LogP contribution in [0.1, 0.15) is 30.4 Å². The monoisotopic (exact) mass is 567 g/mol. The van der Waals surface area contributed by atoms with Crippen LogP contribution in [0.2, 0.25) is 0 Å². The highest BCUT2D eigenvalue weighted by atomic mass is 32.1. The molecule has 8 nitrogen and oxygen atoms in total. The molecule has 5 aromatic rings. The molecule has 1 amide bonds. The summed E-state index contributed by atoms with van der Waals surface area (Å²) in [6.45, 7) is 2.01. The standard InChI is InChI=1S/C26H23N5OS.C2HF3O2/c1-2-19(21-14-33-24-12-7-16(25(27)28)13-20(21)24)26(32)30-17-8-10-18(11-9-17)31-15-29-22-5-3-4-6-23(22)31;3-2(4,5)1(6)7/h3-15,19H,2H2,1H3,(H3,27,28)(H,30,32);(H,6,7). The van der Waals surface area contributed by atoms with Crippen molar-refractivity contribution in [2.24, 2.45) is 5.73 Å². The lowest BCUT2D eigenvalue weighted by molar-refractivity contribution is -0.192. The molecule has 1 atom stereocenters. The number of rotatable bonds is 6. The number of fused-ring (bicyclic) bond motifs is 2. The van der Waals surface area contributed by atoms with Crippen LogP contribution in [0, 0.1) is 5.41 Å². The molecule has 0 fully saturated rings. The van der Waals surface area contributed by atoms with Gasteiger partial charge in [-0.3, -0.25) is 14.8 Å². The van der Waals surface area contributed by atoms with Crippen molar-refractivity contribution in [1.29, 1.82) is 5.41 Å². The molecule has 40 heavy (non-hydrogen) atoms. The van der Waals surface area contributed by atoms with Gasteiger partial charge in [0.25, 0.3) is 0 Å². The number of nitrogen functional groups attached to an aromatic ring is 1. The zero-order valence-corrected chi connectivity index (χ0v) is 21.9. The molecule has 0 spiro atoms. The summed E-state index contributed by atoms with van der Waals surface area (Å²) in [7, 11) is 0. The van der Waals surface area contributed by atoms with Gasteiger partial charge in [-0.25, -0.2) is 9.78 Å². The summed E-state index contributed by atoms with van der Waals surface area (Å²) in [5.74, 6) is -3.07. The number of benzene rings is 3. The predicted molar refractivity (Wildman–Crippen MR) is 149 cm³/mol. The zero-order chi connectivity index (χ0) is 29.0. The van der Waals surface area contributed by atoms with Crippen LogP contribution in [0.5, 0.6) is 0 Å². The number of nitrogens with one attached hydrogen (secondary N) is 2. The van der Waals surface area contributed by atoms with Crippen molar-refractivity contribution >= 4 is 55.9 Å². The highest BCUT2D eigenvalue weighted by Crippen LogP contribution is 2.34. The van der Waals surface area contributed by atoms with Crippen molar-refractivity contribution in [2.45, 2.75) is 25.4 Å². The average Bonchev–Trinajstić information content (AvgIpc) is 3.54. The summed E-state index contributed by atoms with van der Waals surface area (Å²) in [5.41, 5.74) is 11.0. The first-order chi connectivity index (χ1) is 19.0. The predicted octanol–water partition coefficient (Wildman–Crippen LogP) is 6.29. The van der Waals surface area contributed by atoms with Crippen molar-refractivity contribution in [1.82, 2.24) is 9.55 Å². The smallest absolute Gasteiger partial charge is 0.475 e. The minimum absolute atomic E-state index is 0.0253. The molecule has 12 heteroatoms. The van der Waals surface area contributed by atoms with Crippen molar-refractivity contribution in [3.63, 3.8) is 0 Å². The molecule has 0 aliphatic rings. The number of imidazole rings is 1. The number of nitrogens with two attached hydrogens (primary N) is 1. The van der Waals surface area contributed by atoms with Gasteiger partial charge in [0.1, 0.15) is 12.2 Å². The fourth-order valence-corrected chi connectivity index (χ4v) is 5.13. The lowest BCUT2D eigenvalue weighted by Crippen LogP contribution is -2.21. The van der Waals surface area contributed by atoms with E-state index in [0.717, 1.165) is 38.1 Å². The second-order valence-electron chi connectivity index (χ2n) is 8.72. The Morgan fingerprint density at radius 2 is 1.80 bits per heavy atom. The van der Waals surface area contributed by atoms with E-state index >= 15 is 0 Å². The number of halogens is 3. The first kappa shape index (κ1) is 28.3. The minimum atomic E-state index is -5.08. The maximum absolute atomic E-state index is 13.2. The molecule has 0 saturated heterocycles. The molecule has 0 radical (unpaired) electrons. The van der Waals surface area contributed by atoms with Crippen LogP contribution in [-0.4, -0.2) is 38.5 Å². The molecule has 206 valence electrons. The Hall–Kier alpha value is -4.71. The van der Waals surface area contributed by atoms with Gasteiger partial charge in [-0.15, -0.1) is 11.3 Å². The number of anilines is 1. The van der Waals surface area contributed by atoms with Gasteiger partial charge >= 0.3 is 12.1 Å². The van der Waals surface area contributed by atoms with Crippen molar-refractivity contribution in [3.05, 3.63) is 89.6 Å². The van der Waals surface area contributed by atoms with E-state index in [-0.39, 0.29) is 17.7 Å². The van der Waals surface area contributed by atoms with E-state index in [1.165, 1.54) is 0 Å². The van der Waals surface area contributed by atoms with E-state index in [9.17, 15) is 18.0 Å². The van der Waals surface area contributed by atoms with Gasteiger partial charge in [0.15, 0.2) is 0 Å². The third-order valence-corrected chi connectivity index (χ3v) is 7.11. The van der Waals surface area contributed by atoms with Gasteiger partial charge < -0.3 is 16.2 Å². The van der Waals surface area contributed by atoms with Gasteiger partial charge in [0.05, 0.1) is 17.0 Å². The summed E-state index contributed by atoms with van der Waals surface area (Å²) in [6, 6.07) is 21.5. The number of amidine groups is 1. The van der Waals surface area contributed by atoms with Crippen LogP contribution in [-0.2, 0) is 9.59 Å². The van der Waals surface area contributed by atoms with Gasteiger partial charge in [0.2, 0.25) is 5.91 Å². The Bertz CT molecular complexity index is 1690. The van der Waals surface area contributed by atoms with Crippen LogP contribution in [0.3, 0.4) is 0 Å². The van der Waals surface area contributed by atoms with Crippen LogP contribution < -0.4 is 11.1 Å². The van der Waals surface area contributed by atoms with E-state index in [0.29, 0.717) is 12.0 Å². The van der Waals surface area contributed by atoms with Crippen molar-refractivity contribution < 1.29 is 27.9 Å². The number of para-hydroxylation sites is 2. The molecule has 5 N–H and O–H groups in total. The molecule has 0 bridgehead atoms. The van der Waals surface area contributed by atoms with E-state index in [4.69, 9.17) is 21.0 Å². The molecule has 2 heterocycles. The highest BCUT2D eigenvalue weighted by Gasteiger charge is 2.38. The topological polar surface area (TPSA) is 134 Å². The molecule has 2 aromatic heterocycles. The summed E-state index contributed by atoms with van der Waals surface area (Å²) >= 11 is 1.60. The minimum Gasteiger partial charge on any atom is -0.475 e. The van der Waals surface area contributed by atoms with E-state index < -0.39 is 12.1 Å². The second kappa shape index (κ2) is 11.6. The molecular weight excluding hydrogens is 543 g/mol. The van der Waals surface area contributed by atoms with Crippen LogP contribution >= 0.6 is 11.3 Å². The highest BCUT2D eigenvalue weighted by molar-refractivity contribution is 7.17. The Balaban J connectivity index is 0.000000470. The molecule has 0 saturated carbocycles. The number of carbonyl (C=O) groups excluding carboxylic acids is 1. The summed E-state index contributed by atoms with van der Waals surface area (Å²) in [5, 5.41) is 20.9. The van der Waals surface area contributed by atoms with E-state index in [1.807, 2.05) is 89.9 Å². The van der Waals surface area contributed by atoms with E-state index in [2.05, 4.69) is 10.3 Å². The summed E-state index contributed by atoms with van der Waals surface area (Å²) < 4.78 is 34.8. The summed E-state index contributed by atoms with van der Waals surface area (Å²) in [4.78, 5) is 26.5. The van der Waals surface area contributed by atoms with E-state index in [1.54, 1.807) is 11.3 Å². The molecule has 0 aliphatic heterocycles. The van der Waals surface area contributed by atoms with Crippen LogP contribution in [0.4, 0.5) is 18.9 Å². The molecule has 1 unspecified atom stereocenters. The maximum atomic E-state index is 13.2. The Labute approximate surface area is 230 Å². The van der Waals surface area contributed by atoms with Gasteiger partial charge in [-0.05, 0) is 77.3 Å². The number of aromatic nitrogens is 2. The fourth-order valence-electron chi connectivity index (χ4n) is 4.13. The first-order valence-electron chi connectivity index (χ1n) is 12.0. The van der Waals surface area contributed by atoms with Gasteiger partial charge in [-0.1, -0.05) is 19.1 Å². The zero-order valence-electron chi connectivity index (χ0n) is 21.1. The maximum Gasteiger partial charge on any atom is 0.490 e. The Morgan fingerprint density at radius 1 is 1.12 bits per heavy atom. The largest absolute Gasteiger partial charge is 0.490 e. The number of hydrogen-bond acceptors (Lipinski definition) is 5. The number of thiophene rings is 1. The normalized spacial score (nSPS) is 12.0. The number of carboxylic acid groups (broad SMARTS) is 1. The number of amides is 1. The van der Waals surface area contributed by atoms with Crippen LogP contribution in [0.25, 0.3) is 26.8 Å². The fraction of sp³-hybridized carbons (Fsp3) is 0.143. The molecule has 5 rings (SSSR count). The number of carboxylic acids is 1. The third kappa shape index (κ3) is 6.12. The SMILES string of the molecule is CCC(C(=O)Nc1ccc(-n2cnc3ccccc32)cc1)c1csc2ccc(C(=N)N)cc12.O=C(O)C(F)(F)F. The number of aliphatic carboxylic acids is 1. The lowest BCUT2D eigenvalue weighted by Gasteiger charge is -2.15. The number of alkyl halides is 3. The summed E-state index contributed by atoms with van der Waals surface area (Å²) in [6.07, 6.45) is -2.61. The number of hydrogen-bond donors (Lipinski definition) is 4. The Morgan fingerprint density at radius 3 is 2.42 bits per heavy atom. The van der Waals surface area contributed by atoms with Crippen molar-refractivity contribution in [3.8, 4) is 5.69 Å². The van der Waals surface area contributed by atoms with Crippen molar-refractivity contribution in [2.75, 3.05) is 5.32 Å². The number of carbonyl (C=O) groups is 2. The third-order valence-electron chi connectivity index (χ3n) is 6.12. The Kier molecular flexibility index (Phi) is 8.19. The molecular formula is C28H24F3N5O3S. The molecule has 0 aliphatic carbocycles. The van der Waals surface area contributed by atoms with Crippen LogP contribution in [0.15, 0.2) is 78.4 Å². The number of nitrogens with zero attached hydrogens (tertiary/aromatic N) is 2.